The van der Waals surface area contributed by atoms with Crippen molar-refractivity contribution in [3.8, 4) is 0 Å². The van der Waals surface area contributed by atoms with Gasteiger partial charge < -0.3 is 15.1 Å². The van der Waals surface area contributed by atoms with Gasteiger partial charge in [-0.25, -0.2) is 4.79 Å². The van der Waals surface area contributed by atoms with Crippen molar-refractivity contribution in [2.75, 3.05) is 42.9 Å². The van der Waals surface area contributed by atoms with E-state index in [2.05, 4.69) is 22.3 Å². The Kier molecular flexibility index (Phi) is 5.04. The van der Waals surface area contributed by atoms with Crippen LogP contribution in [-0.2, 0) is 0 Å². The molecule has 1 aromatic carbocycles. The average molecular weight is 307 g/mol. The van der Waals surface area contributed by atoms with Crippen LogP contribution in [0.3, 0.4) is 0 Å². The first kappa shape index (κ1) is 16.0. The molecule has 1 N–H and O–H groups in total. The van der Waals surface area contributed by atoms with Gasteiger partial charge in [-0.1, -0.05) is 0 Å². The van der Waals surface area contributed by atoms with E-state index in [-0.39, 0.29) is 6.03 Å². The maximum atomic E-state index is 12.4. The van der Waals surface area contributed by atoms with E-state index in [4.69, 9.17) is 0 Å². The van der Waals surface area contributed by atoms with E-state index in [9.17, 15) is 4.79 Å². The zero-order valence-electron chi connectivity index (χ0n) is 13.6. The molecule has 21 heavy (non-hydrogen) atoms. The molecule has 1 heterocycles. The number of carbonyl (C=O) groups excluding carboxylic acids is 1. The molecule has 5 heteroatoms. The summed E-state index contributed by atoms with van der Waals surface area (Å²) in [5, 5.41) is 3.08. The first-order valence-corrected chi connectivity index (χ1v) is 8.45. The third-order valence-electron chi connectivity index (χ3n) is 4.04. The van der Waals surface area contributed by atoms with Crippen molar-refractivity contribution in [3.63, 3.8) is 0 Å². The van der Waals surface area contributed by atoms with Gasteiger partial charge in [0.25, 0.3) is 0 Å². The lowest BCUT2D eigenvalue weighted by Gasteiger charge is -2.25. The Hall–Kier alpha value is -1.36. The Labute approximate surface area is 131 Å². The monoisotopic (exact) mass is 307 g/mol. The standard InChI is InChI=1S/C16H25N3OS/c1-11-8-14(18(3)4)9-12(2)15(11)17-16(20)19(5)13-6-7-21-10-13/h8-9,13H,6-7,10H2,1-5H3,(H,17,20)/t13-/m1/s1. The summed E-state index contributed by atoms with van der Waals surface area (Å²) in [6, 6.07) is 4.56. The Balaban J connectivity index is 2.13. The zero-order valence-corrected chi connectivity index (χ0v) is 14.4. The number of rotatable bonds is 3. The Morgan fingerprint density at radius 1 is 1.24 bits per heavy atom. The largest absolute Gasteiger partial charge is 0.378 e. The summed E-state index contributed by atoms with van der Waals surface area (Å²) in [4.78, 5) is 16.3. The fraction of sp³-hybridized carbons (Fsp3) is 0.562. The van der Waals surface area contributed by atoms with Crippen LogP contribution >= 0.6 is 11.8 Å². The van der Waals surface area contributed by atoms with Crippen molar-refractivity contribution in [1.29, 1.82) is 0 Å². The van der Waals surface area contributed by atoms with Crippen molar-refractivity contribution >= 4 is 29.2 Å². The van der Waals surface area contributed by atoms with Crippen molar-refractivity contribution in [1.82, 2.24) is 4.90 Å². The smallest absolute Gasteiger partial charge is 0.321 e. The lowest BCUT2D eigenvalue weighted by Crippen LogP contribution is -2.40. The molecule has 116 valence electrons. The van der Waals surface area contributed by atoms with Crippen molar-refractivity contribution in [3.05, 3.63) is 23.3 Å². The van der Waals surface area contributed by atoms with Gasteiger partial charge in [-0.15, -0.1) is 0 Å². The Morgan fingerprint density at radius 2 is 1.86 bits per heavy atom. The zero-order chi connectivity index (χ0) is 15.6. The number of benzene rings is 1. The molecule has 1 saturated heterocycles. The fourth-order valence-corrected chi connectivity index (χ4v) is 3.85. The summed E-state index contributed by atoms with van der Waals surface area (Å²) in [6.07, 6.45) is 1.09. The normalized spacial score (nSPS) is 17.7. The van der Waals surface area contributed by atoms with Gasteiger partial charge in [0.2, 0.25) is 0 Å². The summed E-state index contributed by atoms with van der Waals surface area (Å²) < 4.78 is 0. The molecule has 0 spiro atoms. The van der Waals surface area contributed by atoms with E-state index in [0.717, 1.165) is 40.4 Å². The minimum absolute atomic E-state index is 0.00805. The van der Waals surface area contributed by atoms with Gasteiger partial charge in [0.1, 0.15) is 0 Å². The fourth-order valence-electron chi connectivity index (χ4n) is 2.58. The second-order valence-corrected chi connectivity index (χ2v) is 7.06. The first-order chi connectivity index (χ1) is 9.90. The van der Waals surface area contributed by atoms with Gasteiger partial charge >= 0.3 is 6.03 Å². The van der Waals surface area contributed by atoms with Crippen LogP contribution in [0.4, 0.5) is 16.2 Å². The number of amides is 2. The highest BCUT2D eigenvalue weighted by Gasteiger charge is 2.24. The summed E-state index contributed by atoms with van der Waals surface area (Å²) >= 11 is 1.92. The quantitative estimate of drug-likeness (QED) is 0.930. The van der Waals surface area contributed by atoms with E-state index in [1.807, 2.05) is 51.7 Å². The van der Waals surface area contributed by atoms with Crippen molar-refractivity contribution in [2.45, 2.75) is 26.3 Å². The third kappa shape index (κ3) is 3.64. The van der Waals surface area contributed by atoms with Crippen LogP contribution < -0.4 is 10.2 Å². The van der Waals surface area contributed by atoms with Gasteiger partial charge in [0.05, 0.1) is 0 Å². The van der Waals surface area contributed by atoms with E-state index >= 15 is 0 Å². The summed E-state index contributed by atoms with van der Waals surface area (Å²) in [7, 11) is 5.95. The maximum Gasteiger partial charge on any atom is 0.321 e. The molecule has 0 aliphatic carbocycles. The number of nitrogens with zero attached hydrogens (tertiary/aromatic N) is 2. The highest BCUT2D eigenvalue weighted by atomic mass is 32.2. The molecule has 0 saturated carbocycles. The highest BCUT2D eigenvalue weighted by Crippen LogP contribution is 2.27. The predicted molar refractivity (Wildman–Crippen MR) is 92.8 cm³/mol. The minimum atomic E-state index is -0.00805. The van der Waals surface area contributed by atoms with Crippen molar-refractivity contribution in [2.24, 2.45) is 0 Å². The number of anilines is 2. The van der Waals surface area contributed by atoms with Crippen LogP contribution in [0.1, 0.15) is 17.5 Å². The van der Waals surface area contributed by atoms with Gasteiger partial charge in [0.15, 0.2) is 0 Å². The Bertz CT molecular complexity index is 501. The van der Waals surface area contributed by atoms with E-state index in [1.54, 1.807) is 0 Å². The number of aryl methyl sites for hydroxylation is 2. The van der Waals surface area contributed by atoms with Gasteiger partial charge in [-0.2, -0.15) is 11.8 Å². The molecule has 0 bridgehead atoms. The molecular weight excluding hydrogens is 282 g/mol. The SMILES string of the molecule is Cc1cc(N(C)C)cc(C)c1NC(=O)N(C)[C@@H]1CCSC1. The van der Waals surface area contributed by atoms with E-state index < -0.39 is 0 Å². The molecule has 2 rings (SSSR count). The molecular formula is C16H25N3OS. The van der Waals surface area contributed by atoms with Crippen LogP contribution in [0.5, 0.6) is 0 Å². The van der Waals surface area contributed by atoms with Gasteiger partial charge in [-0.3, -0.25) is 0 Å². The summed E-state index contributed by atoms with van der Waals surface area (Å²) in [5.74, 6) is 2.19. The Morgan fingerprint density at radius 3 is 2.33 bits per heavy atom. The summed E-state index contributed by atoms with van der Waals surface area (Å²) in [6.45, 7) is 4.09. The van der Waals surface area contributed by atoms with Crippen LogP contribution in [0.25, 0.3) is 0 Å². The number of thioether (sulfide) groups is 1. The molecule has 1 fully saturated rings. The molecule has 2 amide bonds. The molecule has 1 aromatic rings. The highest BCUT2D eigenvalue weighted by molar-refractivity contribution is 7.99. The number of hydrogen-bond donors (Lipinski definition) is 1. The van der Waals surface area contributed by atoms with Crippen LogP contribution in [-0.4, -0.2) is 49.6 Å². The third-order valence-corrected chi connectivity index (χ3v) is 5.18. The minimum Gasteiger partial charge on any atom is -0.378 e. The number of carbonyl (C=O) groups is 1. The predicted octanol–water partition coefficient (Wildman–Crippen LogP) is 3.34. The van der Waals surface area contributed by atoms with Crippen LogP contribution in [0, 0.1) is 13.8 Å². The molecule has 1 aliphatic rings. The lowest BCUT2D eigenvalue weighted by molar-refractivity contribution is 0.209. The topological polar surface area (TPSA) is 35.6 Å². The second-order valence-electron chi connectivity index (χ2n) is 5.91. The average Bonchev–Trinajstić information content (AvgIpc) is 2.95. The lowest BCUT2D eigenvalue weighted by atomic mass is 10.1. The molecule has 0 aromatic heterocycles. The molecule has 4 nitrogen and oxygen atoms in total. The number of hydrogen-bond acceptors (Lipinski definition) is 3. The van der Waals surface area contributed by atoms with Gasteiger partial charge in [-0.05, 0) is 49.3 Å². The summed E-state index contributed by atoms with van der Waals surface area (Å²) in [5.41, 5.74) is 4.29. The van der Waals surface area contributed by atoms with Crippen LogP contribution in [0.2, 0.25) is 0 Å². The molecule has 0 unspecified atom stereocenters. The first-order valence-electron chi connectivity index (χ1n) is 7.30. The van der Waals surface area contributed by atoms with Gasteiger partial charge in [0, 0.05) is 44.3 Å². The maximum absolute atomic E-state index is 12.4. The van der Waals surface area contributed by atoms with Crippen LogP contribution in [0.15, 0.2) is 12.1 Å². The number of urea groups is 1. The van der Waals surface area contributed by atoms with E-state index in [1.165, 1.54) is 0 Å². The molecule has 1 atom stereocenters. The second kappa shape index (κ2) is 6.60. The number of nitrogens with one attached hydrogen (secondary N) is 1. The van der Waals surface area contributed by atoms with E-state index in [0.29, 0.717) is 6.04 Å². The van der Waals surface area contributed by atoms with Crippen molar-refractivity contribution < 1.29 is 4.79 Å². The molecule has 0 radical (unpaired) electrons. The molecule has 1 aliphatic heterocycles.